The summed E-state index contributed by atoms with van der Waals surface area (Å²) in [7, 11) is 0. The van der Waals surface area contributed by atoms with Crippen LogP contribution in [-0.4, -0.2) is 22.3 Å². The first-order valence-electron chi connectivity index (χ1n) is 2.25. The van der Waals surface area contributed by atoms with Gasteiger partial charge in [-0.1, -0.05) is 6.58 Å². The third kappa shape index (κ3) is 31.6. The second-order valence-electron chi connectivity index (χ2n) is 1.43. The minimum absolute atomic E-state index is 0.398. The number of carboxylic acid groups (broad SMARTS) is 2. The summed E-state index contributed by atoms with van der Waals surface area (Å²) in [4.78, 5) is 18.4. The Labute approximate surface area is 57.8 Å². The van der Waals surface area contributed by atoms with Gasteiger partial charge >= 0.3 is 6.16 Å². The molecule has 0 rings (SSSR count). The topological polar surface area (TPSA) is 101 Å². The van der Waals surface area contributed by atoms with E-state index in [-0.39, 0.29) is 0 Å². The summed E-state index contributed by atoms with van der Waals surface area (Å²) in [5, 5.41) is 13.9. The van der Waals surface area contributed by atoms with Crippen molar-refractivity contribution in [3.8, 4) is 0 Å². The first-order chi connectivity index (χ1) is 4.37. The minimum atomic E-state index is -1.83. The van der Waals surface area contributed by atoms with E-state index in [9.17, 15) is 4.79 Å². The molecule has 0 spiro atoms. The van der Waals surface area contributed by atoms with Gasteiger partial charge in [0.2, 0.25) is 5.91 Å². The summed E-state index contributed by atoms with van der Waals surface area (Å²) < 4.78 is 0. The highest BCUT2D eigenvalue weighted by atomic mass is 16.6. The van der Waals surface area contributed by atoms with E-state index >= 15 is 0 Å². The zero-order valence-corrected chi connectivity index (χ0v) is 5.50. The van der Waals surface area contributed by atoms with Gasteiger partial charge in [0.05, 0.1) is 0 Å². The van der Waals surface area contributed by atoms with Gasteiger partial charge in [-0.25, -0.2) is 4.79 Å². The lowest BCUT2D eigenvalue weighted by atomic mass is 10.3. The molecule has 0 aliphatic carbocycles. The monoisotopic (exact) mass is 147 g/mol. The van der Waals surface area contributed by atoms with Crippen LogP contribution in [0.1, 0.15) is 6.92 Å². The molecule has 0 saturated carbocycles. The summed E-state index contributed by atoms with van der Waals surface area (Å²) >= 11 is 0. The second-order valence-corrected chi connectivity index (χ2v) is 1.43. The zero-order valence-electron chi connectivity index (χ0n) is 5.50. The van der Waals surface area contributed by atoms with Crippen molar-refractivity contribution in [3.05, 3.63) is 12.2 Å². The van der Waals surface area contributed by atoms with Crippen LogP contribution in [0.25, 0.3) is 0 Å². The van der Waals surface area contributed by atoms with Crippen molar-refractivity contribution in [2.45, 2.75) is 6.92 Å². The van der Waals surface area contributed by atoms with Crippen molar-refractivity contribution in [1.82, 2.24) is 0 Å². The third-order valence-corrected chi connectivity index (χ3v) is 0.421. The molecule has 0 aromatic rings. The van der Waals surface area contributed by atoms with Gasteiger partial charge in [-0.2, -0.15) is 0 Å². The maximum absolute atomic E-state index is 9.82. The van der Waals surface area contributed by atoms with Gasteiger partial charge in [-0.15, -0.1) is 0 Å². The fourth-order valence-electron chi connectivity index (χ4n) is 0. The van der Waals surface area contributed by atoms with Crippen LogP contribution in [0, 0.1) is 0 Å². The number of nitrogens with two attached hydrogens (primary N) is 1. The predicted octanol–water partition coefficient (Wildman–Crippen LogP) is 0.270. The quantitative estimate of drug-likeness (QED) is 0.463. The number of hydrogen-bond acceptors (Lipinski definition) is 2. The average molecular weight is 147 g/mol. The summed E-state index contributed by atoms with van der Waals surface area (Å²) in [6.07, 6.45) is -1.83. The highest BCUT2D eigenvalue weighted by Gasteiger charge is 1.86. The Bertz CT molecular complexity index is 136. The number of hydrogen-bond donors (Lipinski definition) is 3. The Balaban J connectivity index is 0. The van der Waals surface area contributed by atoms with E-state index in [4.69, 9.17) is 20.7 Å². The van der Waals surface area contributed by atoms with Crippen LogP contribution in [0.3, 0.4) is 0 Å². The largest absolute Gasteiger partial charge is 0.503 e. The van der Waals surface area contributed by atoms with Crippen molar-refractivity contribution in [2.75, 3.05) is 0 Å². The van der Waals surface area contributed by atoms with E-state index in [0.717, 1.165) is 0 Å². The molecule has 1 amide bonds. The molecule has 0 bridgehead atoms. The SMILES string of the molecule is C=C(C)C(N)=O.O=C(O)O. The third-order valence-electron chi connectivity index (χ3n) is 0.421. The predicted molar refractivity (Wildman–Crippen MR) is 34.7 cm³/mol. The van der Waals surface area contributed by atoms with Crippen LogP contribution in [0.5, 0.6) is 0 Å². The van der Waals surface area contributed by atoms with Crippen LogP contribution >= 0.6 is 0 Å². The molecule has 0 radical (unpaired) electrons. The summed E-state index contributed by atoms with van der Waals surface area (Å²) in [5.74, 6) is -0.435. The standard InChI is InChI=1S/C4H7NO.CH2O3/c1-3(2)4(5)6;2-1(3)4/h1H2,2H3,(H2,5,6);(H2,2,3,4). The lowest BCUT2D eigenvalue weighted by molar-refractivity contribution is -0.114. The first-order valence-corrected chi connectivity index (χ1v) is 2.25. The summed E-state index contributed by atoms with van der Waals surface area (Å²) in [5.41, 5.74) is 5.09. The molecule has 0 aliphatic rings. The molecule has 0 heterocycles. The van der Waals surface area contributed by atoms with Crippen molar-refractivity contribution < 1.29 is 19.8 Å². The smallest absolute Gasteiger partial charge is 0.450 e. The van der Waals surface area contributed by atoms with Crippen LogP contribution in [-0.2, 0) is 4.79 Å². The van der Waals surface area contributed by atoms with E-state index in [0.29, 0.717) is 5.57 Å². The molecule has 0 atom stereocenters. The highest BCUT2D eigenvalue weighted by molar-refractivity contribution is 5.90. The van der Waals surface area contributed by atoms with Crippen LogP contribution in [0.2, 0.25) is 0 Å². The molecular weight excluding hydrogens is 138 g/mol. The minimum Gasteiger partial charge on any atom is -0.450 e. The lowest BCUT2D eigenvalue weighted by Crippen LogP contribution is -2.10. The van der Waals surface area contributed by atoms with Crippen LogP contribution in [0.15, 0.2) is 12.2 Å². The Hall–Kier alpha value is -1.52. The average Bonchev–Trinajstić information content (AvgIpc) is 1.63. The number of rotatable bonds is 1. The molecule has 0 aromatic carbocycles. The van der Waals surface area contributed by atoms with Crippen LogP contribution in [0.4, 0.5) is 4.79 Å². The summed E-state index contributed by atoms with van der Waals surface area (Å²) in [6.45, 7) is 4.85. The first kappa shape index (κ1) is 11.3. The Morgan fingerprint density at radius 2 is 1.50 bits per heavy atom. The van der Waals surface area contributed by atoms with E-state index in [2.05, 4.69) is 6.58 Å². The number of carbonyl (C=O) groups is 2. The molecule has 4 N–H and O–H groups in total. The van der Waals surface area contributed by atoms with Crippen molar-refractivity contribution in [2.24, 2.45) is 5.73 Å². The summed E-state index contributed by atoms with van der Waals surface area (Å²) in [6, 6.07) is 0. The molecular formula is C5H9NO4. The fraction of sp³-hybridized carbons (Fsp3) is 0.200. The molecule has 0 aromatic heterocycles. The number of primary amides is 1. The van der Waals surface area contributed by atoms with Gasteiger partial charge in [0.1, 0.15) is 0 Å². The van der Waals surface area contributed by atoms with Crippen molar-refractivity contribution in [1.29, 1.82) is 0 Å². The van der Waals surface area contributed by atoms with Gasteiger partial charge < -0.3 is 15.9 Å². The van der Waals surface area contributed by atoms with E-state index in [1.165, 1.54) is 0 Å². The maximum Gasteiger partial charge on any atom is 0.503 e. The normalized spacial score (nSPS) is 6.90. The van der Waals surface area contributed by atoms with Crippen molar-refractivity contribution in [3.63, 3.8) is 0 Å². The van der Waals surface area contributed by atoms with Gasteiger partial charge in [0.15, 0.2) is 0 Å². The molecule has 58 valence electrons. The van der Waals surface area contributed by atoms with E-state index in [1.54, 1.807) is 6.92 Å². The lowest BCUT2D eigenvalue weighted by Gasteiger charge is -1.81. The van der Waals surface area contributed by atoms with Gasteiger partial charge in [0.25, 0.3) is 0 Å². The Morgan fingerprint density at radius 1 is 1.40 bits per heavy atom. The van der Waals surface area contributed by atoms with Crippen LogP contribution < -0.4 is 5.73 Å². The van der Waals surface area contributed by atoms with Crippen molar-refractivity contribution >= 4 is 12.1 Å². The highest BCUT2D eigenvalue weighted by Crippen LogP contribution is 1.78. The van der Waals surface area contributed by atoms with E-state index < -0.39 is 12.1 Å². The zero-order chi connectivity index (χ0) is 8.73. The van der Waals surface area contributed by atoms with Gasteiger partial charge in [0, 0.05) is 5.57 Å². The fourth-order valence-corrected chi connectivity index (χ4v) is 0. The Morgan fingerprint density at radius 3 is 1.50 bits per heavy atom. The molecule has 0 saturated heterocycles. The Kier molecular flexibility index (Phi) is 6.34. The number of carbonyl (C=O) groups excluding carboxylic acids is 1. The van der Waals surface area contributed by atoms with Gasteiger partial charge in [-0.05, 0) is 6.92 Å². The maximum atomic E-state index is 9.82. The number of amides is 1. The molecule has 10 heavy (non-hydrogen) atoms. The molecule has 5 nitrogen and oxygen atoms in total. The molecule has 5 heteroatoms. The second kappa shape index (κ2) is 5.61. The van der Waals surface area contributed by atoms with E-state index in [1.807, 2.05) is 0 Å². The molecule has 0 aliphatic heterocycles. The molecule has 0 fully saturated rings. The van der Waals surface area contributed by atoms with Gasteiger partial charge in [-0.3, -0.25) is 4.79 Å². The molecule has 0 unspecified atom stereocenters.